The molecule has 0 amide bonds. The summed E-state index contributed by atoms with van der Waals surface area (Å²) in [6, 6.07) is 0. The summed E-state index contributed by atoms with van der Waals surface area (Å²) in [6.07, 6.45) is 22.0. The predicted molar refractivity (Wildman–Crippen MR) is 90.5 cm³/mol. The van der Waals surface area contributed by atoms with Gasteiger partial charge in [-0.1, -0.05) is 38.5 Å². The zero-order valence-corrected chi connectivity index (χ0v) is 14.2. The smallest absolute Gasteiger partial charge is 0.211 e. The fourth-order valence-corrected chi connectivity index (χ4v) is 6.07. The van der Waals surface area contributed by atoms with Gasteiger partial charge in [-0.3, -0.25) is 0 Å². The second kappa shape index (κ2) is 7.77. The van der Waals surface area contributed by atoms with Crippen LogP contribution in [-0.4, -0.2) is 12.6 Å². The first-order chi connectivity index (χ1) is 10.8. The molecule has 124 valence electrons. The van der Waals surface area contributed by atoms with Gasteiger partial charge in [0.1, 0.15) is 0 Å². The Kier molecular flexibility index (Phi) is 5.74. The van der Waals surface area contributed by atoms with E-state index in [1.165, 1.54) is 89.9 Å². The highest BCUT2D eigenvalue weighted by atomic mass is 16.1. The average molecular weight is 303 g/mol. The first-order valence-corrected chi connectivity index (χ1v) is 9.89. The van der Waals surface area contributed by atoms with E-state index in [-0.39, 0.29) is 0 Å². The molecule has 0 aromatic carbocycles. The van der Waals surface area contributed by atoms with Gasteiger partial charge in [0.2, 0.25) is 6.08 Å². The Morgan fingerprint density at radius 3 is 1.73 bits per heavy atom. The number of hydrogen-bond acceptors (Lipinski definition) is 2. The van der Waals surface area contributed by atoms with Gasteiger partial charge in [-0.05, 0) is 74.5 Å². The van der Waals surface area contributed by atoms with E-state index < -0.39 is 0 Å². The summed E-state index contributed by atoms with van der Waals surface area (Å²) in [7, 11) is 0. The second-order valence-electron chi connectivity index (χ2n) is 8.28. The Balaban J connectivity index is 1.71. The molecule has 0 aromatic heterocycles. The van der Waals surface area contributed by atoms with Crippen LogP contribution in [-0.2, 0) is 4.79 Å². The lowest BCUT2D eigenvalue weighted by Gasteiger charge is -2.53. The van der Waals surface area contributed by atoms with Gasteiger partial charge in [-0.15, -0.1) is 0 Å². The minimum absolute atomic E-state index is 0.654. The third-order valence-corrected chi connectivity index (χ3v) is 7.29. The monoisotopic (exact) mass is 303 g/mol. The number of carbonyl (C=O) groups excluding carboxylic acids is 1. The fourth-order valence-electron chi connectivity index (χ4n) is 6.07. The van der Waals surface area contributed by atoms with Crippen LogP contribution in [0.2, 0.25) is 0 Å². The van der Waals surface area contributed by atoms with Gasteiger partial charge in [0, 0.05) is 0 Å². The van der Waals surface area contributed by atoms with E-state index in [0.29, 0.717) is 11.3 Å². The normalized spacial score (nSPS) is 28.2. The molecule has 3 rings (SSSR count). The van der Waals surface area contributed by atoms with Crippen LogP contribution in [0.5, 0.6) is 0 Å². The molecule has 0 spiro atoms. The van der Waals surface area contributed by atoms with Gasteiger partial charge in [0.25, 0.3) is 0 Å². The Bertz CT molecular complexity index is 359. The van der Waals surface area contributed by atoms with Gasteiger partial charge in [-0.25, -0.2) is 9.79 Å². The van der Waals surface area contributed by atoms with Gasteiger partial charge < -0.3 is 0 Å². The Morgan fingerprint density at radius 1 is 0.773 bits per heavy atom. The van der Waals surface area contributed by atoms with Crippen molar-refractivity contribution in [3.05, 3.63) is 0 Å². The summed E-state index contributed by atoms with van der Waals surface area (Å²) in [5.41, 5.74) is 0.655. The molecule has 2 nitrogen and oxygen atoms in total. The van der Waals surface area contributed by atoms with Gasteiger partial charge in [-0.2, -0.15) is 0 Å². The summed E-state index contributed by atoms with van der Waals surface area (Å²) in [4.78, 5) is 14.2. The number of nitrogens with zero attached hydrogens (tertiary/aromatic N) is 1. The van der Waals surface area contributed by atoms with E-state index >= 15 is 0 Å². The van der Waals surface area contributed by atoms with Crippen molar-refractivity contribution in [1.82, 2.24) is 0 Å². The minimum atomic E-state index is 0.654. The van der Waals surface area contributed by atoms with Crippen LogP contribution in [0.15, 0.2) is 4.99 Å². The lowest BCUT2D eigenvalue weighted by molar-refractivity contribution is -0.0237. The summed E-state index contributed by atoms with van der Waals surface area (Å²) >= 11 is 0. The maximum atomic E-state index is 10.4. The molecule has 0 saturated heterocycles. The molecule has 0 aliphatic heterocycles. The molecular weight excluding hydrogens is 270 g/mol. The van der Waals surface area contributed by atoms with Gasteiger partial charge in [0.15, 0.2) is 0 Å². The molecule has 0 unspecified atom stereocenters. The number of rotatable bonds is 4. The highest BCUT2D eigenvalue weighted by Gasteiger charge is 2.47. The Labute approximate surface area is 136 Å². The lowest BCUT2D eigenvalue weighted by Crippen LogP contribution is -2.43. The van der Waals surface area contributed by atoms with Crippen LogP contribution in [0.25, 0.3) is 0 Å². The summed E-state index contributed by atoms with van der Waals surface area (Å²) in [5.74, 6) is 2.65. The van der Waals surface area contributed by atoms with Gasteiger partial charge in [0.05, 0.1) is 6.54 Å². The molecule has 22 heavy (non-hydrogen) atoms. The topological polar surface area (TPSA) is 29.4 Å². The van der Waals surface area contributed by atoms with Crippen molar-refractivity contribution >= 4 is 6.08 Å². The van der Waals surface area contributed by atoms with Crippen LogP contribution in [0.3, 0.4) is 0 Å². The molecule has 0 N–H and O–H groups in total. The van der Waals surface area contributed by atoms with Crippen LogP contribution < -0.4 is 0 Å². The first kappa shape index (κ1) is 16.2. The minimum Gasteiger partial charge on any atom is -0.211 e. The van der Waals surface area contributed by atoms with Gasteiger partial charge >= 0.3 is 0 Å². The quantitative estimate of drug-likeness (QED) is 0.486. The molecule has 0 heterocycles. The van der Waals surface area contributed by atoms with E-state index in [4.69, 9.17) is 0 Å². The standard InChI is InChI=1S/C20H33NO/c22-16-21-15-17-11-13-20(14-12-17,18-7-3-1-4-8-18)19-9-5-2-6-10-19/h17-19H,1-15H2. The molecule has 3 fully saturated rings. The average Bonchev–Trinajstić information content (AvgIpc) is 2.62. The van der Waals surface area contributed by atoms with E-state index in [0.717, 1.165) is 18.4 Å². The van der Waals surface area contributed by atoms with Crippen LogP contribution in [0, 0.1) is 23.2 Å². The van der Waals surface area contributed by atoms with Crippen molar-refractivity contribution in [2.75, 3.05) is 6.54 Å². The maximum Gasteiger partial charge on any atom is 0.234 e. The first-order valence-electron chi connectivity index (χ1n) is 9.89. The van der Waals surface area contributed by atoms with E-state index in [9.17, 15) is 4.79 Å². The van der Waals surface area contributed by atoms with Crippen molar-refractivity contribution in [2.45, 2.75) is 89.9 Å². The van der Waals surface area contributed by atoms with Crippen LogP contribution in [0.4, 0.5) is 0 Å². The van der Waals surface area contributed by atoms with Crippen LogP contribution in [0.1, 0.15) is 89.9 Å². The highest BCUT2D eigenvalue weighted by Crippen LogP contribution is 2.57. The Hall–Kier alpha value is -0.620. The lowest BCUT2D eigenvalue weighted by atomic mass is 9.52. The van der Waals surface area contributed by atoms with Crippen LogP contribution >= 0.6 is 0 Å². The molecule has 0 radical (unpaired) electrons. The molecule has 0 aromatic rings. The summed E-state index contributed by atoms with van der Waals surface area (Å²) in [6.45, 7) is 0.731. The predicted octanol–water partition coefficient (Wildman–Crippen LogP) is 5.66. The van der Waals surface area contributed by atoms with Crippen molar-refractivity contribution in [1.29, 1.82) is 0 Å². The summed E-state index contributed by atoms with van der Waals surface area (Å²) < 4.78 is 0. The zero-order chi connectivity index (χ0) is 15.3. The molecule has 3 aliphatic rings. The molecule has 0 atom stereocenters. The molecule has 3 aliphatic carbocycles. The Morgan fingerprint density at radius 2 is 1.27 bits per heavy atom. The third kappa shape index (κ3) is 3.48. The zero-order valence-electron chi connectivity index (χ0n) is 14.2. The number of hydrogen-bond donors (Lipinski definition) is 0. The SMILES string of the molecule is O=C=NCC1CCC(C2CCCCC2)(C2CCCCC2)CC1. The fraction of sp³-hybridized carbons (Fsp3) is 0.950. The van der Waals surface area contributed by atoms with Crippen molar-refractivity contribution < 1.29 is 4.79 Å². The number of isocyanates is 1. The van der Waals surface area contributed by atoms with Crippen molar-refractivity contribution in [2.24, 2.45) is 28.2 Å². The maximum absolute atomic E-state index is 10.4. The van der Waals surface area contributed by atoms with E-state index in [2.05, 4.69) is 4.99 Å². The summed E-state index contributed by atoms with van der Waals surface area (Å²) in [5, 5.41) is 0. The molecule has 0 bridgehead atoms. The number of aliphatic imine (C=N–C) groups is 1. The molecule has 3 saturated carbocycles. The molecule has 2 heteroatoms. The van der Waals surface area contributed by atoms with Crippen molar-refractivity contribution in [3.8, 4) is 0 Å². The largest absolute Gasteiger partial charge is 0.234 e. The van der Waals surface area contributed by atoms with E-state index in [1.54, 1.807) is 6.08 Å². The van der Waals surface area contributed by atoms with E-state index in [1.807, 2.05) is 0 Å². The highest BCUT2D eigenvalue weighted by molar-refractivity contribution is 5.32. The second-order valence-corrected chi connectivity index (χ2v) is 8.28. The van der Waals surface area contributed by atoms with Crippen molar-refractivity contribution in [3.63, 3.8) is 0 Å². The third-order valence-electron chi connectivity index (χ3n) is 7.29. The molecular formula is C20H33NO.